The van der Waals surface area contributed by atoms with Gasteiger partial charge in [-0.2, -0.15) is 5.26 Å². The van der Waals surface area contributed by atoms with Crippen LogP contribution in [0.15, 0.2) is 11.6 Å². The van der Waals surface area contributed by atoms with E-state index in [1.807, 2.05) is 0 Å². The van der Waals surface area contributed by atoms with Gasteiger partial charge in [0.15, 0.2) is 5.78 Å². The highest BCUT2D eigenvalue weighted by atomic mass is 16.5. The minimum absolute atomic E-state index is 0.00614. The molecular formula is C25H35NO3. The Kier molecular flexibility index (Phi) is 5.38. The van der Waals surface area contributed by atoms with Crippen molar-refractivity contribution in [3.63, 3.8) is 0 Å². The number of hydrogen-bond donors (Lipinski definition) is 0. The molecule has 0 amide bonds. The van der Waals surface area contributed by atoms with Crippen molar-refractivity contribution >= 4 is 11.8 Å². The van der Waals surface area contributed by atoms with Gasteiger partial charge in [0.25, 0.3) is 0 Å². The summed E-state index contributed by atoms with van der Waals surface area (Å²) < 4.78 is 4.81. The van der Waals surface area contributed by atoms with E-state index in [9.17, 15) is 14.9 Å². The van der Waals surface area contributed by atoms with E-state index in [1.165, 1.54) is 39.2 Å². The van der Waals surface area contributed by atoms with Gasteiger partial charge in [-0.15, -0.1) is 0 Å². The molecule has 0 spiro atoms. The van der Waals surface area contributed by atoms with Crippen molar-refractivity contribution < 1.29 is 14.3 Å². The maximum absolute atomic E-state index is 12.3. The number of nitrogens with zero attached hydrogens (tertiary/aromatic N) is 1. The molecule has 158 valence electrons. The number of nitriles is 1. The maximum atomic E-state index is 12.3. The van der Waals surface area contributed by atoms with Crippen LogP contribution in [0.3, 0.4) is 0 Å². The zero-order valence-electron chi connectivity index (χ0n) is 18.2. The number of fused-ring (bicyclic) bond motifs is 5. The van der Waals surface area contributed by atoms with Crippen LogP contribution in [0.25, 0.3) is 0 Å². The second-order valence-electron chi connectivity index (χ2n) is 10.6. The lowest BCUT2D eigenvalue weighted by Crippen LogP contribution is -2.52. The normalized spacial score (nSPS) is 43.4. The van der Waals surface area contributed by atoms with Gasteiger partial charge in [-0.3, -0.25) is 9.59 Å². The molecule has 0 N–H and O–H groups in total. The zero-order valence-corrected chi connectivity index (χ0v) is 18.2. The smallest absolute Gasteiger partial charge is 0.305 e. The summed E-state index contributed by atoms with van der Waals surface area (Å²) in [5.41, 5.74) is 0.795. The molecule has 4 rings (SSSR count). The molecule has 6 unspecified atom stereocenters. The lowest BCUT2D eigenvalue weighted by Gasteiger charge is -2.59. The van der Waals surface area contributed by atoms with E-state index in [-0.39, 0.29) is 17.2 Å². The molecule has 0 saturated heterocycles. The number of carbonyl (C=O) groups excluding carboxylic acids is 2. The van der Waals surface area contributed by atoms with Crippen LogP contribution in [0.4, 0.5) is 0 Å². The van der Waals surface area contributed by atoms with Crippen molar-refractivity contribution in [2.24, 2.45) is 40.4 Å². The summed E-state index contributed by atoms with van der Waals surface area (Å²) in [7, 11) is 1.47. The number of methoxy groups -OCH3 is 1. The van der Waals surface area contributed by atoms with E-state index in [0.717, 1.165) is 25.2 Å². The minimum Gasteiger partial charge on any atom is -0.469 e. The van der Waals surface area contributed by atoms with Crippen LogP contribution in [-0.4, -0.2) is 18.9 Å². The third-order valence-electron chi connectivity index (χ3n) is 9.63. The van der Waals surface area contributed by atoms with Crippen LogP contribution in [-0.2, 0) is 14.3 Å². The summed E-state index contributed by atoms with van der Waals surface area (Å²) in [6.45, 7) is 4.85. The third-order valence-corrected chi connectivity index (χ3v) is 9.63. The number of Topliss-reactive ketones (excluding diaryl/α,β-unsaturated/α-hetero) is 1. The highest BCUT2D eigenvalue weighted by Gasteiger charge is 2.59. The van der Waals surface area contributed by atoms with Crippen LogP contribution >= 0.6 is 0 Å². The fourth-order valence-electron chi connectivity index (χ4n) is 8.01. The Labute approximate surface area is 175 Å². The molecule has 0 aromatic heterocycles. The molecule has 3 fully saturated rings. The van der Waals surface area contributed by atoms with E-state index >= 15 is 0 Å². The van der Waals surface area contributed by atoms with Crippen molar-refractivity contribution in [1.29, 1.82) is 5.26 Å². The summed E-state index contributed by atoms with van der Waals surface area (Å²) in [4.78, 5) is 23.8. The second kappa shape index (κ2) is 7.56. The van der Waals surface area contributed by atoms with Crippen LogP contribution < -0.4 is 0 Å². The predicted octanol–water partition coefficient (Wildman–Crippen LogP) is 5.23. The maximum Gasteiger partial charge on any atom is 0.305 e. The minimum atomic E-state index is -0.0911. The molecule has 29 heavy (non-hydrogen) atoms. The molecule has 0 aromatic carbocycles. The molecule has 0 aliphatic heterocycles. The highest BCUT2D eigenvalue weighted by molar-refractivity contribution is 6.00. The fraction of sp³-hybridized carbons (Fsp3) is 0.800. The van der Waals surface area contributed by atoms with Crippen LogP contribution in [0.1, 0.15) is 78.1 Å². The van der Waals surface area contributed by atoms with Crippen molar-refractivity contribution in [3.8, 4) is 6.07 Å². The molecule has 3 saturated carbocycles. The van der Waals surface area contributed by atoms with Crippen molar-refractivity contribution in [3.05, 3.63) is 11.6 Å². The molecule has 0 aromatic rings. The molecule has 4 heteroatoms. The Morgan fingerprint density at radius 3 is 2.72 bits per heavy atom. The molecule has 4 aliphatic carbocycles. The van der Waals surface area contributed by atoms with E-state index in [1.54, 1.807) is 0 Å². The lowest BCUT2D eigenvalue weighted by atomic mass is 9.45. The van der Waals surface area contributed by atoms with E-state index in [4.69, 9.17) is 4.74 Å². The molecule has 7 atom stereocenters. The number of rotatable bonds is 4. The monoisotopic (exact) mass is 397 g/mol. The van der Waals surface area contributed by atoms with Gasteiger partial charge in [0.05, 0.1) is 12.7 Å². The first-order valence-corrected chi connectivity index (χ1v) is 11.6. The molecular weight excluding hydrogens is 362 g/mol. The van der Waals surface area contributed by atoms with Crippen LogP contribution in [0, 0.1) is 51.8 Å². The Morgan fingerprint density at radius 2 is 2.00 bits per heavy atom. The number of ether oxygens (including phenoxy) is 1. The number of allylic oxidation sites excluding steroid dienone is 2. The fourth-order valence-corrected chi connectivity index (χ4v) is 8.01. The Morgan fingerprint density at radius 1 is 1.21 bits per heavy atom. The molecule has 0 radical (unpaired) electrons. The lowest BCUT2D eigenvalue weighted by molar-refractivity contribution is -0.140. The van der Waals surface area contributed by atoms with Crippen LogP contribution in [0.5, 0.6) is 0 Å². The van der Waals surface area contributed by atoms with Crippen LogP contribution in [0.2, 0.25) is 0 Å². The van der Waals surface area contributed by atoms with Crippen molar-refractivity contribution in [2.45, 2.75) is 78.1 Å². The van der Waals surface area contributed by atoms with Gasteiger partial charge in [-0.1, -0.05) is 19.9 Å². The Bertz CT molecular complexity index is 765. The summed E-state index contributed by atoms with van der Waals surface area (Å²) in [5, 5.41) is 9.46. The van der Waals surface area contributed by atoms with E-state index < -0.39 is 0 Å². The first kappa shape index (κ1) is 20.6. The van der Waals surface area contributed by atoms with Gasteiger partial charge in [-0.25, -0.2) is 0 Å². The van der Waals surface area contributed by atoms with Gasteiger partial charge in [-0.05, 0) is 91.8 Å². The van der Waals surface area contributed by atoms with Gasteiger partial charge in [0.2, 0.25) is 0 Å². The molecule has 0 bridgehead atoms. The predicted molar refractivity (Wildman–Crippen MR) is 111 cm³/mol. The summed E-state index contributed by atoms with van der Waals surface area (Å²) in [6.07, 6.45) is 12.6. The number of carbonyl (C=O) groups is 2. The average Bonchev–Trinajstić information content (AvgIpc) is 3.04. The number of hydrogen-bond acceptors (Lipinski definition) is 4. The van der Waals surface area contributed by atoms with Crippen molar-refractivity contribution in [2.75, 3.05) is 7.11 Å². The SMILES string of the molecule is COC(=O)CCC[C@H]1CCC2C3CCC4CC(=O)C(C#N)=CC4(C)C3CCC21C. The summed E-state index contributed by atoms with van der Waals surface area (Å²) in [6, 6.07) is 2.18. The molecule has 4 nitrogen and oxygen atoms in total. The van der Waals surface area contributed by atoms with Gasteiger partial charge >= 0.3 is 5.97 Å². The average molecular weight is 398 g/mol. The van der Waals surface area contributed by atoms with Gasteiger partial charge in [0, 0.05) is 12.8 Å². The molecule has 0 heterocycles. The quantitative estimate of drug-likeness (QED) is 0.609. The largest absolute Gasteiger partial charge is 0.469 e. The van der Waals surface area contributed by atoms with Gasteiger partial charge in [0.1, 0.15) is 6.07 Å². The zero-order chi connectivity index (χ0) is 20.8. The topological polar surface area (TPSA) is 67.2 Å². The number of ketones is 1. The standard InChI is InChI=1S/C25H35NO3/c1-24-12-11-21-19(20(24)10-8-17(24)5-4-6-23(28)29-3)9-7-18-13-22(27)16(15-26)14-25(18,21)2/h14,17-21H,4-13H2,1-3H3/t17-,18?,19?,20?,21?,24?,25?/m0/s1. The highest BCUT2D eigenvalue weighted by Crippen LogP contribution is 2.67. The Balaban J connectivity index is 1.52. The third kappa shape index (κ3) is 3.25. The summed E-state index contributed by atoms with van der Waals surface area (Å²) >= 11 is 0. The second-order valence-corrected chi connectivity index (χ2v) is 10.6. The first-order chi connectivity index (χ1) is 13.8. The van der Waals surface area contributed by atoms with E-state index in [2.05, 4.69) is 26.0 Å². The Hall–Kier alpha value is -1.63. The molecule has 4 aliphatic rings. The van der Waals surface area contributed by atoms with Crippen molar-refractivity contribution in [1.82, 2.24) is 0 Å². The summed E-state index contributed by atoms with van der Waals surface area (Å²) in [5.74, 6) is 3.15. The number of esters is 1. The van der Waals surface area contributed by atoms with E-state index in [0.29, 0.717) is 47.5 Å². The first-order valence-electron chi connectivity index (χ1n) is 11.6. The van der Waals surface area contributed by atoms with Gasteiger partial charge < -0.3 is 4.74 Å².